The van der Waals surface area contributed by atoms with Gasteiger partial charge in [-0.1, -0.05) is 0 Å². The van der Waals surface area contributed by atoms with Gasteiger partial charge in [0.25, 0.3) is 0 Å². The fourth-order valence-electron chi connectivity index (χ4n) is 1.39. The lowest BCUT2D eigenvalue weighted by Gasteiger charge is -2.05. The molecule has 0 aliphatic carbocycles. The number of aromatic nitrogens is 4. The zero-order valence-electron chi connectivity index (χ0n) is 10.4. The third-order valence-corrected chi connectivity index (χ3v) is 3.30. The Morgan fingerprint density at radius 1 is 1.53 bits per heavy atom. The van der Waals surface area contributed by atoms with Crippen LogP contribution < -0.4 is 5.32 Å². The molecule has 19 heavy (non-hydrogen) atoms. The molecule has 0 spiro atoms. The fourth-order valence-corrected chi connectivity index (χ4v) is 2.23. The average Bonchev–Trinajstić information content (AvgIpc) is 2.75. The van der Waals surface area contributed by atoms with Crippen LogP contribution in [0, 0.1) is 10.1 Å². The number of aryl methyl sites for hydroxylation is 1. The molecule has 0 aromatic carbocycles. The third kappa shape index (κ3) is 2.99. The Morgan fingerprint density at radius 3 is 2.89 bits per heavy atom. The standard InChI is InChI=1S/C10H12N6O2S/c1-3-11-8-5-4-7(16(17)18)9(14-8)19-10-12-6-13-15(10)2/h4-6H,3H2,1-2H3,(H,11,14). The number of rotatable bonds is 5. The molecule has 2 aromatic heterocycles. The van der Waals surface area contributed by atoms with Crippen LogP contribution in [0.5, 0.6) is 0 Å². The maximum absolute atomic E-state index is 11.0. The highest BCUT2D eigenvalue weighted by atomic mass is 32.2. The fraction of sp³-hybridized carbons (Fsp3) is 0.300. The van der Waals surface area contributed by atoms with E-state index in [1.165, 1.54) is 17.1 Å². The molecular weight excluding hydrogens is 268 g/mol. The van der Waals surface area contributed by atoms with Crippen LogP contribution in [-0.4, -0.2) is 31.2 Å². The second-order valence-corrected chi connectivity index (χ2v) is 4.53. The molecule has 2 heterocycles. The van der Waals surface area contributed by atoms with E-state index in [4.69, 9.17) is 0 Å². The molecule has 8 nitrogen and oxygen atoms in total. The van der Waals surface area contributed by atoms with Crippen LogP contribution in [0.1, 0.15) is 6.92 Å². The summed E-state index contributed by atoms with van der Waals surface area (Å²) in [5, 5.41) is 18.8. The van der Waals surface area contributed by atoms with E-state index in [1.54, 1.807) is 13.1 Å². The minimum absolute atomic E-state index is 0.0466. The zero-order valence-corrected chi connectivity index (χ0v) is 11.2. The molecular formula is C10H12N6O2S. The lowest BCUT2D eigenvalue weighted by atomic mass is 10.4. The molecule has 0 aliphatic heterocycles. The number of hydrogen-bond acceptors (Lipinski definition) is 7. The smallest absolute Gasteiger partial charge is 0.301 e. The van der Waals surface area contributed by atoms with Crippen molar-refractivity contribution in [2.24, 2.45) is 7.05 Å². The van der Waals surface area contributed by atoms with Crippen LogP contribution in [0.25, 0.3) is 0 Å². The van der Waals surface area contributed by atoms with Crippen molar-refractivity contribution in [3.05, 3.63) is 28.6 Å². The van der Waals surface area contributed by atoms with Gasteiger partial charge < -0.3 is 5.32 Å². The lowest BCUT2D eigenvalue weighted by molar-refractivity contribution is -0.388. The van der Waals surface area contributed by atoms with Gasteiger partial charge in [-0.2, -0.15) is 5.10 Å². The molecule has 2 aromatic rings. The summed E-state index contributed by atoms with van der Waals surface area (Å²) in [5.74, 6) is 0.595. The summed E-state index contributed by atoms with van der Waals surface area (Å²) < 4.78 is 1.54. The summed E-state index contributed by atoms with van der Waals surface area (Å²) >= 11 is 1.11. The zero-order chi connectivity index (χ0) is 13.8. The van der Waals surface area contributed by atoms with Crippen LogP contribution in [-0.2, 0) is 7.05 Å². The molecule has 0 aliphatic rings. The SMILES string of the molecule is CCNc1ccc([N+](=O)[O-])c(Sc2ncnn2C)n1. The summed E-state index contributed by atoms with van der Waals surface area (Å²) in [6.07, 6.45) is 1.39. The molecule has 0 saturated heterocycles. The van der Waals surface area contributed by atoms with Crippen molar-refractivity contribution in [2.75, 3.05) is 11.9 Å². The number of anilines is 1. The first kappa shape index (κ1) is 13.3. The van der Waals surface area contributed by atoms with E-state index < -0.39 is 4.92 Å². The van der Waals surface area contributed by atoms with E-state index in [-0.39, 0.29) is 5.69 Å². The summed E-state index contributed by atoms with van der Waals surface area (Å²) in [6.45, 7) is 2.62. The molecule has 1 N–H and O–H groups in total. The normalized spacial score (nSPS) is 10.4. The second-order valence-electron chi connectivity index (χ2n) is 3.58. The van der Waals surface area contributed by atoms with Gasteiger partial charge in [0.1, 0.15) is 12.1 Å². The third-order valence-electron chi connectivity index (χ3n) is 2.25. The Bertz CT molecular complexity index is 599. The van der Waals surface area contributed by atoms with E-state index in [9.17, 15) is 10.1 Å². The number of nitro groups is 1. The first-order chi connectivity index (χ1) is 9.11. The first-order valence-electron chi connectivity index (χ1n) is 5.53. The van der Waals surface area contributed by atoms with Crippen molar-refractivity contribution in [2.45, 2.75) is 17.1 Å². The van der Waals surface area contributed by atoms with E-state index in [0.717, 1.165) is 11.8 Å². The quantitative estimate of drug-likeness (QED) is 0.657. The van der Waals surface area contributed by atoms with Crippen molar-refractivity contribution in [1.29, 1.82) is 0 Å². The molecule has 0 saturated carbocycles. The van der Waals surface area contributed by atoms with Crippen LogP contribution in [0.4, 0.5) is 11.5 Å². The number of hydrogen-bond donors (Lipinski definition) is 1. The molecule has 0 fully saturated rings. The summed E-state index contributed by atoms with van der Waals surface area (Å²) in [6, 6.07) is 3.02. The maximum Gasteiger partial charge on any atom is 0.301 e. The van der Waals surface area contributed by atoms with Crippen LogP contribution in [0.15, 0.2) is 28.6 Å². The van der Waals surface area contributed by atoms with Gasteiger partial charge in [0.15, 0.2) is 10.2 Å². The molecule has 0 amide bonds. The minimum atomic E-state index is -0.457. The van der Waals surface area contributed by atoms with Gasteiger partial charge >= 0.3 is 5.69 Å². The predicted molar refractivity (Wildman–Crippen MR) is 70.2 cm³/mol. The van der Waals surface area contributed by atoms with E-state index in [0.29, 0.717) is 22.5 Å². The van der Waals surface area contributed by atoms with Crippen molar-refractivity contribution in [1.82, 2.24) is 19.7 Å². The molecule has 9 heteroatoms. The molecule has 0 radical (unpaired) electrons. The van der Waals surface area contributed by atoms with Gasteiger partial charge in [0.2, 0.25) is 0 Å². The van der Waals surface area contributed by atoms with Crippen molar-refractivity contribution in [3.8, 4) is 0 Å². The van der Waals surface area contributed by atoms with E-state index >= 15 is 0 Å². The topological polar surface area (TPSA) is 98.8 Å². The molecule has 0 atom stereocenters. The molecule has 0 unspecified atom stereocenters. The maximum atomic E-state index is 11.0. The Morgan fingerprint density at radius 2 is 2.32 bits per heavy atom. The monoisotopic (exact) mass is 280 g/mol. The van der Waals surface area contributed by atoms with Gasteiger partial charge in [-0.3, -0.25) is 10.1 Å². The number of nitrogens with one attached hydrogen (secondary N) is 1. The van der Waals surface area contributed by atoms with Crippen molar-refractivity contribution >= 4 is 23.3 Å². The van der Waals surface area contributed by atoms with Crippen LogP contribution in [0.3, 0.4) is 0 Å². The van der Waals surface area contributed by atoms with Gasteiger partial charge in [-0.05, 0) is 24.8 Å². The molecule has 2 rings (SSSR count). The Labute approximate surface area is 113 Å². The lowest BCUT2D eigenvalue weighted by Crippen LogP contribution is -2.02. The minimum Gasteiger partial charge on any atom is -0.370 e. The highest BCUT2D eigenvalue weighted by molar-refractivity contribution is 7.99. The highest BCUT2D eigenvalue weighted by Gasteiger charge is 2.19. The molecule has 0 bridgehead atoms. The number of pyridine rings is 1. The van der Waals surface area contributed by atoms with Gasteiger partial charge in [-0.15, -0.1) is 0 Å². The summed E-state index contributed by atoms with van der Waals surface area (Å²) in [5.41, 5.74) is -0.0466. The summed E-state index contributed by atoms with van der Waals surface area (Å²) in [4.78, 5) is 18.8. The van der Waals surface area contributed by atoms with Gasteiger partial charge in [0, 0.05) is 19.7 Å². The van der Waals surface area contributed by atoms with E-state index in [1.807, 2.05) is 6.92 Å². The van der Waals surface area contributed by atoms with Gasteiger partial charge in [0.05, 0.1) is 4.92 Å². The van der Waals surface area contributed by atoms with Crippen molar-refractivity contribution < 1.29 is 4.92 Å². The second kappa shape index (κ2) is 5.65. The Balaban J connectivity index is 2.37. The largest absolute Gasteiger partial charge is 0.370 e. The first-order valence-corrected chi connectivity index (χ1v) is 6.34. The number of nitrogens with zero attached hydrogens (tertiary/aromatic N) is 5. The average molecular weight is 280 g/mol. The molecule has 100 valence electrons. The van der Waals surface area contributed by atoms with Crippen LogP contribution >= 0.6 is 11.8 Å². The highest BCUT2D eigenvalue weighted by Crippen LogP contribution is 2.32. The Kier molecular flexibility index (Phi) is 3.95. The summed E-state index contributed by atoms with van der Waals surface area (Å²) in [7, 11) is 1.72. The Hall–Kier alpha value is -2.16. The van der Waals surface area contributed by atoms with E-state index in [2.05, 4.69) is 20.4 Å². The van der Waals surface area contributed by atoms with Crippen LogP contribution in [0.2, 0.25) is 0 Å². The van der Waals surface area contributed by atoms with Gasteiger partial charge in [-0.25, -0.2) is 14.6 Å². The van der Waals surface area contributed by atoms with Crippen molar-refractivity contribution in [3.63, 3.8) is 0 Å². The predicted octanol–water partition coefficient (Wildman–Crippen LogP) is 1.70.